The third-order valence-electron chi connectivity index (χ3n) is 2.66. The molecule has 5 nitrogen and oxygen atoms in total. The smallest absolute Gasteiger partial charge is 0.357 e. The third kappa shape index (κ3) is 2.95. The number of nitrogens with one attached hydrogen (secondary N) is 1. The maximum Gasteiger partial charge on any atom is 0.357 e. The van der Waals surface area contributed by atoms with Gasteiger partial charge in [-0.3, -0.25) is 0 Å². The van der Waals surface area contributed by atoms with Gasteiger partial charge in [0.15, 0.2) is 10.8 Å². The Morgan fingerprint density at radius 2 is 2.47 bits per heavy atom. The molecule has 0 saturated carbocycles. The van der Waals surface area contributed by atoms with Crippen LogP contribution >= 0.6 is 11.3 Å². The van der Waals surface area contributed by atoms with Gasteiger partial charge in [-0.2, -0.15) is 0 Å². The molecule has 1 aromatic heterocycles. The highest BCUT2D eigenvalue weighted by molar-refractivity contribution is 7.15. The van der Waals surface area contributed by atoms with Crippen molar-refractivity contribution < 1.29 is 14.3 Å². The van der Waals surface area contributed by atoms with E-state index >= 15 is 0 Å². The van der Waals surface area contributed by atoms with E-state index in [1.165, 1.54) is 18.4 Å². The van der Waals surface area contributed by atoms with Gasteiger partial charge in [0, 0.05) is 11.5 Å². The number of carbonyl (C=O) groups excluding carboxylic acids is 1. The first-order valence-electron chi connectivity index (χ1n) is 5.60. The summed E-state index contributed by atoms with van der Waals surface area (Å²) in [6.07, 6.45) is 2.14. The van der Waals surface area contributed by atoms with E-state index in [0.29, 0.717) is 18.3 Å². The average molecular weight is 256 g/mol. The average Bonchev–Trinajstić information content (AvgIpc) is 2.70. The number of aromatic nitrogens is 1. The number of rotatable bonds is 3. The Morgan fingerprint density at radius 1 is 1.65 bits per heavy atom. The van der Waals surface area contributed by atoms with E-state index in [-0.39, 0.29) is 5.97 Å². The van der Waals surface area contributed by atoms with Crippen molar-refractivity contribution in [1.29, 1.82) is 0 Å². The number of hydrogen-bond acceptors (Lipinski definition) is 6. The second-order valence-electron chi connectivity index (χ2n) is 3.97. The molecule has 1 unspecified atom stereocenters. The number of anilines is 1. The minimum atomic E-state index is -0.383. The summed E-state index contributed by atoms with van der Waals surface area (Å²) in [4.78, 5) is 16.5. The lowest BCUT2D eigenvalue weighted by atomic mass is 10.1. The highest BCUT2D eigenvalue weighted by atomic mass is 32.1. The molecule has 0 aromatic carbocycles. The Balaban J connectivity index is 2.03. The molecule has 2 heterocycles. The lowest BCUT2D eigenvalue weighted by molar-refractivity contribution is 0.0594. The molecule has 1 N–H and O–H groups in total. The van der Waals surface area contributed by atoms with E-state index in [0.717, 1.165) is 29.5 Å². The zero-order valence-corrected chi connectivity index (χ0v) is 10.8. The number of aryl methyl sites for hydroxylation is 1. The molecule has 6 heteroatoms. The number of hydrogen-bond donors (Lipinski definition) is 1. The molecule has 1 fully saturated rings. The van der Waals surface area contributed by atoms with Crippen LogP contribution in [0.3, 0.4) is 0 Å². The highest BCUT2D eigenvalue weighted by Crippen LogP contribution is 2.24. The zero-order chi connectivity index (χ0) is 12.3. The van der Waals surface area contributed by atoms with Crippen molar-refractivity contribution in [3.05, 3.63) is 10.6 Å². The monoisotopic (exact) mass is 256 g/mol. The summed E-state index contributed by atoms with van der Waals surface area (Å²) in [6, 6.07) is 0.291. The predicted octanol–water partition coefficient (Wildman–Crippen LogP) is 1.83. The molecule has 1 saturated heterocycles. The number of methoxy groups -OCH3 is 1. The van der Waals surface area contributed by atoms with Crippen molar-refractivity contribution >= 4 is 22.4 Å². The first-order chi connectivity index (χ1) is 8.20. The Labute approximate surface area is 104 Å². The fourth-order valence-electron chi connectivity index (χ4n) is 1.77. The normalized spacial score (nSPS) is 20.0. The highest BCUT2D eigenvalue weighted by Gasteiger charge is 2.19. The maximum atomic E-state index is 11.4. The molecule has 17 heavy (non-hydrogen) atoms. The van der Waals surface area contributed by atoms with E-state index in [1.807, 2.05) is 6.92 Å². The third-order valence-corrected chi connectivity index (χ3v) is 3.57. The first-order valence-corrected chi connectivity index (χ1v) is 6.42. The van der Waals surface area contributed by atoms with Gasteiger partial charge in [0.05, 0.1) is 19.8 Å². The van der Waals surface area contributed by atoms with Crippen molar-refractivity contribution in [3.8, 4) is 0 Å². The molecule has 1 atom stereocenters. The van der Waals surface area contributed by atoms with Gasteiger partial charge in [0.2, 0.25) is 0 Å². The summed E-state index contributed by atoms with van der Waals surface area (Å²) < 4.78 is 10.1. The molecular weight excluding hydrogens is 240 g/mol. The summed E-state index contributed by atoms with van der Waals surface area (Å²) in [5.41, 5.74) is 0.400. The van der Waals surface area contributed by atoms with Gasteiger partial charge >= 0.3 is 5.97 Å². The minimum Gasteiger partial charge on any atom is -0.464 e. The topological polar surface area (TPSA) is 60.5 Å². The van der Waals surface area contributed by atoms with Crippen LogP contribution in [0.25, 0.3) is 0 Å². The van der Waals surface area contributed by atoms with Gasteiger partial charge in [-0.25, -0.2) is 9.78 Å². The second-order valence-corrected chi connectivity index (χ2v) is 5.18. The van der Waals surface area contributed by atoms with Crippen LogP contribution in [0.1, 0.15) is 28.2 Å². The summed E-state index contributed by atoms with van der Waals surface area (Å²) in [6.45, 7) is 3.40. The van der Waals surface area contributed by atoms with Gasteiger partial charge in [-0.1, -0.05) is 0 Å². The Kier molecular flexibility index (Phi) is 3.96. The Bertz CT molecular complexity index is 399. The van der Waals surface area contributed by atoms with Crippen LogP contribution in [0.5, 0.6) is 0 Å². The summed E-state index contributed by atoms with van der Waals surface area (Å²) in [5.74, 6) is -0.383. The molecule has 1 aliphatic heterocycles. The fourth-order valence-corrected chi connectivity index (χ4v) is 2.65. The van der Waals surface area contributed by atoms with Crippen LogP contribution in [-0.2, 0) is 9.47 Å². The zero-order valence-electron chi connectivity index (χ0n) is 9.99. The van der Waals surface area contributed by atoms with E-state index in [9.17, 15) is 4.79 Å². The lowest BCUT2D eigenvalue weighted by Gasteiger charge is -2.22. The maximum absolute atomic E-state index is 11.4. The van der Waals surface area contributed by atoms with Crippen LogP contribution in [0.15, 0.2) is 0 Å². The Morgan fingerprint density at radius 3 is 3.12 bits per heavy atom. The molecular formula is C11H16N2O3S. The van der Waals surface area contributed by atoms with Gasteiger partial charge in [-0.05, 0) is 19.8 Å². The van der Waals surface area contributed by atoms with E-state index in [1.54, 1.807) is 0 Å². The van der Waals surface area contributed by atoms with Gasteiger partial charge < -0.3 is 14.8 Å². The van der Waals surface area contributed by atoms with E-state index < -0.39 is 0 Å². The molecule has 94 valence electrons. The van der Waals surface area contributed by atoms with Crippen LogP contribution < -0.4 is 5.32 Å². The predicted molar refractivity (Wildman–Crippen MR) is 65.7 cm³/mol. The summed E-state index contributed by atoms with van der Waals surface area (Å²) in [7, 11) is 1.36. The van der Waals surface area contributed by atoms with Crippen LogP contribution in [0, 0.1) is 6.92 Å². The van der Waals surface area contributed by atoms with Crippen molar-refractivity contribution in [3.63, 3.8) is 0 Å². The minimum absolute atomic E-state index is 0.291. The molecule has 0 radical (unpaired) electrons. The summed E-state index contributed by atoms with van der Waals surface area (Å²) >= 11 is 1.47. The molecule has 0 aliphatic carbocycles. The van der Waals surface area contributed by atoms with Crippen molar-refractivity contribution in [2.75, 3.05) is 25.6 Å². The van der Waals surface area contributed by atoms with Crippen molar-refractivity contribution in [2.24, 2.45) is 0 Å². The standard InChI is InChI=1S/C11H16N2O3S/c1-7-9(10(14)15-2)13-11(17-7)12-8-4-3-5-16-6-8/h8H,3-6H2,1-2H3,(H,12,13). The second kappa shape index (κ2) is 5.46. The van der Waals surface area contributed by atoms with E-state index in [4.69, 9.17) is 4.74 Å². The SMILES string of the molecule is COC(=O)c1nc(NC2CCCOC2)sc1C. The van der Waals surface area contributed by atoms with Crippen molar-refractivity contribution in [1.82, 2.24) is 4.98 Å². The molecule has 0 bridgehead atoms. The lowest BCUT2D eigenvalue weighted by Crippen LogP contribution is -2.29. The number of carbonyl (C=O) groups is 1. The number of nitrogens with zero attached hydrogens (tertiary/aromatic N) is 1. The largest absolute Gasteiger partial charge is 0.464 e. The molecule has 0 spiro atoms. The van der Waals surface area contributed by atoms with Crippen LogP contribution in [-0.4, -0.2) is 37.3 Å². The molecule has 1 aliphatic rings. The number of ether oxygens (including phenoxy) is 2. The summed E-state index contributed by atoms with van der Waals surface area (Å²) in [5, 5.41) is 4.06. The van der Waals surface area contributed by atoms with Crippen molar-refractivity contribution in [2.45, 2.75) is 25.8 Å². The van der Waals surface area contributed by atoms with Gasteiger partial charge in [0.25, 0.3) is 0 Å². The van der Waals surface area contributed by atoms with Crippen LogP contribution in [0.4, 0.5) is 5.13 Å². The first kappa shape index (κ1) is 12.3. The quantitative estimate of drug-likeness (QED) is 0.836. The Hall–Kier alpha value is -1.14. The number of esters is 1. The fraction of sp³-hybridized carbons (Fsp3) is 0.636. The van der Waals surface area contributed by atoms with Crippen LogP contribution in [0.2, 0.25) is 0 Å². The molecule has 0 amide bonds. The van der Waals surface area contributed by atoms with E-state index in [2.05, 4.69) is 15.0 Å². The molecule has 1 aromatic rings. The van der Waals surface area contributed by atoms with Gasteiger partial charge in [0.1, 0.15) is 0 Å². The number of thiazole rings is 1. The molecule has 2 rings (SSSR count). The van der Waals surface area contributed by atoms with Gasteiger partial charge in [-0.15, -0.1) is 11.3 Å².